The first-order valence-corrected chi connectivity index (χ1v) is 8.13. The van der Waals surface area contributed by atoms with Gasteiger partial charge in [0, 0.05) is 31.6 Å². The molecule has 2 nitrogen and oxygen atoms in total. The van der Waals surface area contributed by atoms with Gasteiger partial charge in [-0.2, -0.15) is 0 Å². The molecule has 1 heterocycles. The van der Waals surface area contributed by atoms with Gasteiger partial charge in [-0.1, -0.05) is 23.2 Å². The molecule has 0 radical (unpaired) electrons. The molecule has 0 atom stereocenters. The highest BCUT2D eigenvalue weighted by atomic mass is 79.9. The van der Waals surface area contributed by atoms with Crippen molar-refractivity contribution in [2.45, 2.75) is 0 Å². The van der Waals surface area contributed by atoms with E-state index in [2.05, 4.69) is 47.8 Å². The Morgan fingerprint density at radius 1 is 0.684 bits per heavy atom. The molecule has 2 aromatic rings. The average Bonchev–Trinajstić information content (AvgIpc) is 2.37. The summed E-state index contributed by atoms with van der Waals surface area (Å²) in [5, 5.41) is 0.708. The van der Waals surface area contributed by atoms with Crippen LogP contribution in [0.1, 0.15) is 0 Å². The fourth-order valence-electron chi connectivity index (χ4n) is 1.63. The molecule has 3 rings (SSSR count). The van der Waals surface area contributed by atoms with Gasteiger partial charge in [-0.15, -0.1) is 0 Å². The zero-order chi connectivity index (χ0) is 13.7. The molecule has 0 saturated heterocycles. The van der Waals surface area contributed by atoms with Gasteiger partial charge in [-0.05, 0) is 47.8 Å². The van der Waals surface area contributed by atoms with Crippen LogP contribution in [0.2, 0.25) is 10.0 Å². The second kappa shape index (κ2) is 5.11. The maximum atomic E-state index is 6.17. The predicted octanol–water partition coefficient (Wildman–Crippen LogP) is 7.18. The largest absolute Gasteiger partial charge is 0.449 e. The third-order valence-electron chi connectivity index (χ3n) is 2.50. The van der Waals surface area contributed by atoms with Crippen molar-refractivity contribution in [2.24, 2.45) is 0 Å². The van der Waals surface area contributed by atoms with Crippen molar-refractivity contribution in [1.29, 1.82) is 0 Å². The van der Waals surface area contributed by atoms with E-state index in [0.29, 0.717) is 37.5 Å². The van der Waals surface area contributed by atoms with Gasteiger partial charge >= 0.3 is 0 Å². The highest BCUT2D eigenvalue weighted by Crippen LogP contribution is 2.53. The number of hydrogen-bond donors (Lipinski definition) is 0. The lowest BCUT2D eigenvalue weighted by Gasteiger charge is -2.22. The average molecular weight is 490 g/mol. The van der Waals surface area contributed by atoms with Crippen molar-refractivity contribution in [3.63, 3.8) is 0 Å². The van der Waals surface area contributed by atoms with Crippen molar-refractivity contribution < 1.29 is 9.47 Å². The van der Waals surface area contributed by atoms with Crippen LogP contribution >= 0.6 is 71.0 Å². The molecular weight excluding hydrogens is 487 g/mol. The lowest BCUT2D eigenvalue weighted by molar-refractivity contribution is 0.359. The van der Waals surface area contributed by atoms with E-state index in [9.17, 15) is 0 Å². The molecule has 1 aliphatic rings. The highest BCUT2D eigenvalue weighted by molar-refractivity contribution is 9.13. The van der Waals surface area contributed by atoms with Gasteiger partial charge < -0.3 is 9.47 Å². The molecule has 7 heteroatoms. The molecule has 0 spiro atoms. The van der Waals surface area contributed by atoms with Crippen LogP contribution in [0.4, 0.5) is 0 Å². The highest BCUT2D eigenvalue weighted by Gasteiger charge is 2.25. The zero-order valence-electron chi connectivity index (χ0n) is 8.94. The zero-order valence-corrected chi connectivity index (χ0v) is 15.2. The van der Waals surface area contributed by atoms with Crippen LogP contribution in [0, 0.1) is 0 Å². The van der Waals surface area contributed by atoms with Gasteiger partial charge in [0.2, 0.25) is 0 Å². The standard InChI is InChI=1S/C12H3Br3Cl2O2/c13-4-1-7-8(2-5(4)14)19-12-9(18-7)3-6(15)10(16)11(12)17/h1-3H. The van der Waals surface area contributed by atoms with E-state index in [-0.39, 0.29) is 0 Å². The number of halogens is 5. The molecule has 1 aliphatic heterocycles. The van der Waals surface area contributed by atoms with Crippen molar-refractivity contribution in [1.82, 2.24) is 0 Å². The third kappa shape index (κ3) is 2.40. The quantitative estimate of drug-likeness (QED) is 0.311. The van der Waals surface area contributed by atoms with E-state index < -0.39 is 0 Å². The third-order valence-corrected chi connectivity index (χ3v) is 6.05. The Labute approximate surface area is 144 Å². The fourth-order valence-corrected chi connectivity index (χ4v) is 3.16. The molecule has 0 bridgehead atoms. The van der Waals surface area contributed by atoms with Gasteiger partial charge in [0.15, 0.2) is 23.0 Å². The minimum Gasteiger partial charge on any atom is -0.449 e. The van der Waals surface area contributed by atoms with Crippen molar-refractivity contribution in [3.05, 3.63) is 41.7 Å². The van der Waals surface area contributed by atoms with E-state index in [4.69, 9.17) is 32.7 Å². The monoisotopic (exact) mass is 486 g/mol. The van der Waals surface area contributed by atoms with Crippen LogP contribution in [0.3, 0.4) is 0 Å². The fraction of sp³-hybridized carbons (Fsp3) is 0. The van der Waals surface area contributed by atoms with Gasteiger partial charge in [0.1, 0.15) is 5.02 Å². The van der Waals surface area contributed by atoms with Crippen LogP contribution in [-0.4, -0.2) is 0 Å². The van der Waals surface area contributed by atoms with Crippen molar-refractivity contribution >= 4 is 71.0 Å². The van der Waals surface area contributed by atoms with Gasteiger partial charge in [0.05, 0.1) is 5.02 Å². The van der Waals surface area contributed by atoms with Crippen LogP contribution in [-0.2, 0) is 0 Å². The summed E-state index contributed by atoms with van der Waals surface area (Å²) in [5.41, 5.74) is 0. The smallest absolute Gasteiger partial charge is 0.190 e. The van der Waals surface area contributed by atoms with Crippen LogP contribution in [0.25, 0.3) is 0 Å². The maximum absolute atomic E-state index is 6.17. The Balaban J connectivity index is 2.17. The molecular formula is C12H3Br3Cl2O2. The van der Waals surface area contributed by atoms with Gasteiger partial charge in [-0.3, -0.25) is 0 Å². The van der Waals surface area contributed by atoms with E-state index in [1.807, 2.05) is 6.07 Å². The number of rotatable bonds is 0. The summed E-state index contributed by atoms with van der Waals surface area (Å²) in [6.45, 7) is 0. The molecule has 0 aromatic heterocycles. The number of benzene rings is 2. The Hall–Kier alpha value is 0.0600. The first-order valence-electron chi connectivity index (χ1n) is 4.99. The topological polar surface area (TPSA) is 18.5 Å². The second-order valence-corrected chi connectivity index (χ2v) is 7.05. The van der Waals surface area contributed by atoms with E-state index >= 15 is 0 Å². The first kappa shape index (κ1) is 14.0. The summed E-state index contributed by atoms with van der Waals surface area (Å²) in [4.78, 5) is 0. The summed E-state index contributed by atoms with van der Waals surface area (Å²) < 4.78 is 13.9. The molecule has 0 fully saturated rings. The van der Waals surface area contributed by atoms with Crippen LogP contribution in [0.15, 0.2) is 31.6 Å². The van der Waals surface area contributed by atoms with Crippen LogP contribution in [0.5, 0.6) is 23.0 Å². The predicted molar refractivity (Wildman–Crippen MR) is 86.2 cm³/mol. The lowest BCUT2D eigenvalue weighted by Crippen LogP contribution is -2.00. The maximum Gasteiger partial charge on any atom is 0.190 e. The minimum absolute atomic E-state index is 0.315. The van der Waals surface area contributed by atoms with Crippen LogP contribution < -0.4 is 9.47 Å². The molecule has 0 N–H and O–H groups in total. The molecule has 0 saturated carbocycles. The summed E-state index contributed by atoms with van der Waals surface area (Å²) >= 11 is 22.4. The Morgan fingerprint density at radius 2 is 1.21 bits per heavy atom. The van der Waals surface area contributed by atoms with Crippen molar-refractivity contribution in [2.75, 3.05) is 0 Å². The molecule has 19 heavy (non-hydrogen) atoms. The Bertz CT molecular complexity index is 704. The second-order valence-electron chi connectivity index (χ2n) is 3.73. The number of ether oxygens (including phenoxy) is 2. The lowest BCUT2D eigenvalue weighted by atomic mass is 10.2. The summed E-state index contributed by atoms with van der Waals surface area (Å²) in [6, 6.07) is 5.34. The number of hydrogen-bond acceptors (Lipinski definition) is 2. The summed E-state index contributed by atoms with van der Waals surface area (Å²) in [5.74, 6) is 2.11. The summed E-state index contributed by atoms with van der Waals surface area (Å²) in [7, 11) is 0. The van der Waals surface area contributed by atoms with E-state index in [1.165, 1.54) is 0 Å². The van der Waals surface area contributed by atoms with Crippen molar-refractivity contribution in [3.8, 4) is 23.0 Å². The molecule has 0 amide bonds. The molecule has 98 valence electrons. The van der Waals surface area contributed by atoms with E-state index in [0.717, 1.165) is 8.95 Å². The molecule has 0 aliphatic carbocycles. The SMILES string of the molecule is Clc1c(Br)cc2c(c1Cl)Oc1cc(Br)c(Br)cc1O2. The van der Waals surface area contributed by atoms with Gasteiger partial charge in [0.25, 0.3) is 0 Å². The normalized spacial score (nSPS) is 12.3. The first-order chi connectivity index (χ1) is 8.97. The Kier molecular flexibility index (Phi) is 3.77. The summed E-state index contributed by atoms with van der Waals surface area (Å²) in [6.07, 6.45) is 0. The van der Waals surface area contributed by atoms with E-state index in [1.54, 1.807) is 12.1 Å². The van der Waals surface area contributed by atoms with Gasteiger partial charge in [-0.25, -0.2) is 0 Å². The Morgan fingerprint density at radius 3 is 1.84 bits per heavy atom. The number of fused-ring (bicyclic) bond motifs is 2. The minimum atomic E-state index is 0.315. The molecule has 2 aromatic carbocycles. The molecule has 0 unspecified atom stereocenters.